The van der Waals surface area contributed by atoms with Crippen molar-refractivity contribution in [2.75, 3.05) is 41.0 Å². The molecule has 3 unspecified atom stereocenters. The van der Waals surface area contributed by atoms with Crippen LogP contribution in [-0.2, 0) is 25.7 Å². The highest BCUT2D eigenvalue weighted by Crippen LogP contribution is 2.23. The van der Waals surface area contributed by atoms with Crippen LogP contribution in [0.25, 0.3) is 0 Å². The zero-order valence-corrected chi connectivity index (χ0v) is 21.8. The van der Waals surface area contributed by atoms with Crippen molar-refractivity contribution in [3.05, 3.63) is 52.9 Å². The van der Waals surface area contributed by atoms with Crippen molar-refractivity contribution in [2.45, 2.75) is 38.2 Å². The van der Waals surface area contributed by atoms with Gasteiger partial charge >= 0.3 is 0 Å². The van der Waals surface area contributed by atoms with Gasteiger partial charge in [-0.25, -0.2) is 14.4 Å². The van der Waals surface area contributed by atoms with Gasteiger partial charge in [-0.2, -0.15) is 0 Å². The maximum Gasteiger partial charge on any atom is 0.270 e. The molecule has 13 heteroatoms. The third-order valence-electron chi connectivity index (χ3n) is 5.56. The first-order valence-electron chi connectivity index (χ1n) is 12.1. The Bertz CT molecular complexity index is 1130. The molecule has 3 N–H and O–H groups in total. The van der Waals surface area contributed by atoms with Gasteiger partial charge in [0.15, 0.2) is 17.7 Å². The molecule has 0 spiro atoms. The molecule has 3 atom stereocenters. The lowest BCUT2D eigenvalue weighted by Gasteiger charge is -2.31. The fraction of sp³-hybridized carbons (Fsp3) is 0.480. The summed E-state index contributed by atoms with van der Waals surface area (Å²) in [5, 5.41) is 12.2. The number of ether oxygens (including phenoxy) is 3. The second-order valence-corrected chi connectivity index (χ2v) is 8.58. The van der Waals surface area contributed by atoms with E-state index in [-0.39, 0.29) is 36.3 Å². The van der Waals surface area contributed by atoms with Gasteiger partial charge in [0.25, 0.3) is 5.91 Å². The van der Waals surface area contributed by atoms with Crippen molar-refractivity contribution in [3.63, 3.8) is 0 Å². The van der Waals surface area contributed by atoms with Crippen molar-refractivity contribution >= 4 is 18.0 Å². The molecule has 2 aromatic rings. The number of hydrogen-bond donors (Lipinski definition) is 3. The van der Waals surface area contributed by atoms with Crippen LogP contribution in [0.5, 0.6) is 5.75 Å². The van der Waals surface area contributed by atoms with Gasteiger partial charge in [0, 0.05) is 19.5 Å². The Morgan fingerprint density at radius 2 is 1.97 bits per heavy atom. The minimum atomic E-state index is -0.476. The molecule has 3 heterocycles. The van der Waals surface area contributed by atoms with Gasteiger partial charge in [0.2, 0.25) is 6.41 Å². The van der Waals surface area contributed by atoms with Gasteiger partial charge in [-0.3, -0.25) is 9.59 Å². The quantitative estimate of drug-likeness (QED) is 0.398. The first-order chi connectivity index (χ1) is 18.4. The van der Waals surface area contributed by atoms with Crippen molar-refractivity contribution in [1.82, 2.24) is 25.9 Å². The summed E-state index contributed by atoms with van der Waals surface area (Å²) in [6.45, 7) is 2.87. The van der Waals surface area contributed by atoms with Crippen molar-refractivity contribution in [2.24, 2.45) is 5.16 Å². The molecule has 0 bridgehead atoms. The molecule has 1 fully saturated rings. The molecule has 4 rings (SSSR count). The molecule has 206 valence electrons. The Morgan fingerprint density at radius 3 is 2.66 bits per heavy atom. The van der Waals surface area contributed by atoms with Crippen LogP contribution in [0, 0.1) is 12.7 Å². The standard InChI is InChI=1S/C23H26FN5O6.C2H7N/c1-13-27-17(18-7-21(35-29-18)22-11-33-15(10-34-22)9-25-12-30)6-19(28-13)23(31)26-8-14-3-4-16(24)20(5-14)32-2;1-3-2/h3-6,12,15,21-22H,7-11H2,1-2H3,(H,25,30)(H,26,31);3H,1-2H3. The summed E-state index contributed by atoms with van der Waals surface area (Å²) in [7, 11) is 5.13. The molecule has 0 aliphatic carbocycles. The number of halogens is 1. The zero-order valence-electron chi connectivity index (χ0n) is 21.8. The normalized spacial score (nSPS) is 20.3. The molecule has 38 heavy (non-hydrogen) atoms. The lowest BCUT2D eigenvalue weighted by atomic mass is 10.0. The van der Waals surface area contributed by atoms with Gasteiger partial charge in [0.1, 0.15) is 23.3 Å². The number of nitrogens with zero attached hydrogens (tertiary/aromatic N) is 3. The van der Waals surface area contributed by atoms with E-state index in [0.29, 0.717) is 55.4 Å². The predicted octanol–water partition coefficient (Wildman–Crippen LogP) is 0.721. The Balaban J connectivity index is 0.00000127. The summed E-state index contributed by atoms with van der Waals surface area (Å²) in [5.74, 6) is -0.372. The molecule has 2 aliphatic rings. The molecule has 0 radical (unpaired) electrons. The zero-order chi connectivity index (χ0) is 27.5. The van der Waals surface area contributed by atoms with E-state index in [2.05, 4.69) is 31.1 Å². The Labute approximate surface area is 220 Å². The molecular weight excluding hydrogens is 499 g/mol. The number of hydrogen-bond acceptors (Lipinski definition) is 10. The van der Waals surface area contributed by atoms with Crippen LogP contribution in [0.15, 0.2) is 29.4 Å². The third-order valence-corrected chi connectivity index (χ3v) is 5.56. The molecule has 2 amide bonds. The number of nitrogens with one attached hydrogen (secondary N) is 3. The minimum absolute atomic E-state index is 0.103. The average Bonchev–Trinajstić information content (AvgIpc) is 3.42. The Morgan fingerprint density at radius 1 is 1.18 bits per heavy atom. The fourth-order valence-corrected chi connectivity index (χ4v) is 3.74. The van der Waals surface area contributed by atoms with E-state index in [1.807, 2.05) is 14.1 Å². The number of benzene rings is 1. The highest BCUT2D eigenvalue weighted by Gasteiger charge is 2.35. The van der Waals surface area contributed by atoms with Gasteiger partial charge in [0.05, 0.1) is 32.1 Å². The summed E-state index contributed by atoms with van der Waals surface area (Å²) in [5.41, 5.74) is 1.91. The second kappa shape index (κ2) is 14.3. The number of amides is 2. The lowest BCUT2D eigenvalue weighted by Crippen LogP contribution is -2.45. The molecule has 0 saturated carbocycles. The van der Waals surface area contributed by atoms with Crippen LogP contribution in [0.4, 0.5) is 4.39 Å². The number of carbonyl (C=O) groups is 2. The number of aromatic nitrogens is 2. The summed E-state index contributed by atoms with van der Waals surface area (Å²) in [4.78, 5) is 37.3. The van der Waals surface area contributed by atoms with Crippen molar-refractivity contribution < 1.29 is 33.0 Å². The number of rotatable bonds is 9. The van der Waals surface area contributed by atoms with Crippen LogP contribution < -0.4 is 20.7 Å². The SMILES string of the molecule is CNC.COc1cc(CNC(=O)c2cc(C3=NOC(C4COC(CNC=O)CO4)C3)nc(C)n2)ccc1F. The first kappa shape index (κ1) is 28.9. The van der Waals surface area contributed by atoms with Crippen LogP contribution in [0.1, 0.15) is 34.0 Å². The van der Waals surface area contributed by atoms with E-state index in [1.54, 1.807) is 19.1 Å². The van der Waals surface area contributed by atoms with Crippen LogP contribution >= 0.6 is 0 Å². The van der Waals surface area contributed by atoms with Gasteiger partial charge in [-0.05, 0) is 44.8 Å². The number of carbonyl (C=O) groups excluding carboxylic acids is 2. The number of aryl methyl sites for hydroxylation is 1. The molecule has 1 aromatic carbocycles. The van der Waals surface area contributed by atoms with E-state index < -0.39 is 11.7 Å². The average molecular weight is 533 g/mol. The maximum atomic E-state index is 13.6. The van der Waals surface area contributed by atoms with Crippen LogP contribution in [0.2, 0.25) is 0 Å². The van der Waals surface area contributed by atoms with Crippen LogP contribution in [0.3, 0.4) is 0 Å². The Kier molecular flexibility index (Phi) is 10.9. The molecule has 1 saturated heterocycles. The summed E-state index contributed by atoms with van der Waals surface area (Å²) >= 11 is 0. The van der Waals surface area contributed by atoms with Crippen LogP contribution in [-0.4, -0.2) is 87.3 Å². The van der Waals surface area contributed by atoms with E-state index in [9.17, 15) is 14.0 Å². The van der Waals surface area contributed by atoms with E-state index in [4.69, 9.17) is 19.0 Å². The van der Waals surface area contributed by atoms with E-state index in [0.717, 1.165) is 0 Å². The first-order valence-corrected chi connectivity index (χ1v) is 12.1. The number of methoxy groups -OCH3 is 1. The predicted molar refractivity (Wildman–Crippen MR) is 135 cm³/mol. The van der Waals surface area contributed by atoms with Gasteiger partial charge in [-0.1, -0.05) is 11.2 Å². The monoisotopic (exact) mass is 532 g/mol. The second-order valence-electron chi connectivity index (χ2n) is 8.58. The van der Waals surface area contributed by atoms with Gasteiger partial charge in [-0.15, -0.1) is 0 Å². The molecular formula is C25H33FN6O6. The maximum absolute atomic E-state index is 13.6. The minimum Gasteiger partial charge on any atom is -0.494 e. The van der Waals surface area contributed by atoms with E-state index >= 15 is 0 Å². The highest BCUT2D eigenvalue weighted by atomic mass is 19.1. The molecule has 2 aliphatic heterocycles. The molecule has 1 aromatic heterocycles. The summed E-state index contributed by atoms with van der Waals surface area (Å²) in [6.07, 6.45) is 0.166. The number of oxime groups is 1. The van der Waals surface area contributed by atoms with Crippen molar-refractivity contribution in [3.8, 4) is 5.75 Å². The van der Waals surface area contributed by atoms with Gasteiger partial charge < -0.3 is 35.0 Å². The van der Waals surface area contributed by atoms with Crippen molar-refractivity contribution in [1.29, 1.82) is 0 Å². The fourth-order valence-electron chi connectivity index (χ4n) is 3.74. The summed E-state index contributed by atoms with van der Waals surface area (Å²) in [6, 6.07) is 5.93. The highest BCUT2D eigenvalue weighted by molar-refractivity contribution is 6.02. The smallest absolute Gasteiger partial charge is 0.270 e. The topological polar surface area (TPSA) is 145 Å². The Hall–Kier alpha value is -3.68. The van der Waals surface area contributed by atoms with E-state index in [1.165, 1.54) is 19.2 Å². The summed E-state index contributed by atoms with van der Waals surface area (Å²) < 4.78 is 30.1. The third kappa shape index (κ3) is 7.91. The molecule has 12 nitrogen and oxygen atoms in total. The lowest BCUT2D eigenvalue weighted by molar-refractivity contribution is -0.169. The largest absolute Gasteiger partial charge is 0.494 e.